The number of hydrogen-bond donors (Lipinski definition) is 1. The monoisotopic (exact) mass is 503 g/mol. The molecule has 2 aliphatic rings. The number of ketones is 1. The van der Waals surface area contributed by atoms with Crippen molar-refractivity contribution in [2.24, 2.45) is 5.92 Å². The van der Waals surface area contributed by atoms with E-state index >= 15 is 0 Å². The molecule has 3 aromatic rings. The summed E-state index contributed by atoms with van der Waals surface area (Å²) in [7, 11) is 0. The fourth-order valence-electron chi connectivity index (χ4n) is 5.36. The van der Waals surface area contributed by atoms with Crippen molar-refractivity contribution in [1.82, 2.24) is 15.3 Å². The van der Waals surface area contributed by atoms with E-state index in [0.717, 1.165) is 60.6 Å². The first-order valence-corrected chi connectivity index (χ1v) is 13.2. The third-order valence-corrected chi connectivity index (χ3v) is 7.32. The minimum absolute atomic E-state index is 0.0832. The van der Waals surface area contributed by atoms with E-state index in [-0.39, 0.29) is 30.0 Å². The van der Waals surface area contributed by atoms with Crippen LogP contribution >= 0.6 is 0 Å². The number of carbonyl (C=O) groups excluding carboxylic acids is 2. The van der Waals surface area contributed by atoms with Crippen LogP contribution in [0.3, 0.4) is 0 Å². The van der Waals surface area contributed by atoms with E-state index in [9.17, 15) is 14.0 Å². The Hall–Kier alpha value is -3.35. The highest BCUT2D eigenvalue weighted by Crippen LogP contribution is 2.44. The SMILES string of the molecule is CC(C)(C)OC(=O)NCc1ccc(C2CC2)c(C(=O)C2CCC(c3ccnc4ccc(F)cc34)CC2)n1. The Labute approximate surface area is 217 Å². The summed E-state index contributed by atoms with van der Waals surface area (Å²) in [6, 6.07) is 10.6. The number of carbonyl (C=O) groups is 2. The van der Waals surface area contributed by atoms with Crippen molar-refractivity contribution in [3.63, 3.8) is 0 Å². The zero-order chi connectivity index (χ0) is 26.2. The average Bonchev–Trinajstić information content (AvgIpc) is 3.71. The first-order valence-electron chi connectivity index (χ1n) is 13.2. The van der Waals surface area contributed by atoms with Gasteiger partial charge in [-0.3, -0.25) is 9.78 Å². The van der Waals surface area contributed by atoms with Crippen LogP contribution in [0.5, 0.6) is 0 Å². The Morgan fingerprint density at radius 2 is 1.68 bits per heavy atom. The normalized spacial score (nSPS) is 20.0. The van der Waals surface area contributed by atoms with Gasteiger partial charge in [0.1, 0.15) is 17.1 Å². The van der Waals surface area contributed by atoms with Crippen molar-refractivity contribution in [1.29, 1.82) is 0 Å². The van der Waals surface area contributed by atoms with Crippen molar-refractivity contribution in [2.45, 2.75) is 83.3 Å². The van der Waals surface area contributed by atoms with E-state index in [0.29, 0.717) is 17.3 Å². The quantitative estimate of drug-likeness (QED) is 0.373. The van der Waals surface area contributed by atoms with Crippen molar-refractivity contribution in [2.75, 3.05) is 0 Å². The van der Waals surface area contributed by atoms with Gasteiger partial charge in [-0.25, -0.2) is 14.2 Å². The highest BCUT2D eigenvalue weighted by atomic mass is 19.1. The van der Waals surface area contributed by atoms with E-state index < -0.39 is 11.7 Å². The van der Waals surface area contributed by atoms with E-state index in [1.165, 1.54) is 6.07 Å². The lowest BCUT2D eigenvalue weighted by Gasteiger charge is -2.29. The molecule has 1 N–H and O–H groups in total. The highest BCUT2D eigenvalue weighted by molar-refractivity contribution is 5.98. The maximum absolute atomic E-state index is 13.9. The predicted molar refractivity (Wildman–Crippen MR) is 140 cm³/mol. The predicted octanol–water partition coefficient (Wildman–Crippen LogP) is 6.83. The molecule has 194 valence electrons. The van der Waals surface area contributed by atoms with Crippen molar-refractivity contribution < 1.29 is 18.7 Å². The van der Waals surface area contributed by atoms with Gasteiger partial charge in [-0.15, -0.1) is 0 Å². The fourth-order valence-corrected chi connectivity index (χ4v) is 5.36. The number of nitrogens with zero attached hydrogens (tertiary/aromatic N) is 2. The first-order chi connectivity index (χ1) is 17.7. The molecule has 0 saturated heterocycles. The van der Waals surface area contributed by atoms with Gasteiger partial charge in [-0.2, -0.15) is 0 Å². The molecule has 0 bridgehead atoms. The topological polar surface area (TPSA) is 81.2 Å². The summed E-state index contributed by atoms with van der Waals surface area (Å²) in [5, 5.41) is 3.60. The summed E-state index contributed by atoms with van der Waals surface area (Å²) in [6.07, 6.45) is 6.72. The van der Waals surface area contributed by atoms with Crippen LogP contribution in [0.4, 0.5) is 9.18 Å². The third kappa shape index (κ3) is 5.97. The van der Waals surface area contributed by atoms with Crippen molar-refractivity contribution in [3.8, 4) is 0 Å². The van der Waals surface area contributed by atoms with Gasteiger partial charge in [0.25, 0.3) is 0 Å². The molecule has 37 heavy (non-hydrogen) atoms. The molecule has 0 unspecified atom stereocenters. The van der Waals surface area contributed by atoms with Crippen LogP contribution in [0.25, 0.3) is 10.9 Å². The summed E-state index contributed by atoms with van der Waals surface area (Å²) >= 11 is 0. The van der Waals surface area contributed by atoms with E-state index in [2.05, 4.69) is 10.3 Å². The Bertz CT molecular complexity index is 1320. The van der Waals surface area contributed by atoms with Gasteiger partial charge in [0.15, 0.2) is 5.78 Å². The van der Waals surface area contributed by atoms with Gasteiger partial charge >= 0.3 is 6.09 Å². The number of benzene rings is 1. The largest absolute Gasteiger partial charge is 0.444 e. The van der Waals surface area contributed by atoms with Crippen LogP contribution in [0.1, 0.15) is 98.4 Å². The van der Waals surface area contributed by atoms with Gasteiger partial charge < -0.3 is 10.1 Å². The second-order valence-corrected chi connectivity index (χ2v) is 11.3. The molecule has 7 heteroatoms. The Kier molecular flexibility index (Phi) is 6.97. The molecule has 2 heterocycles. The fraction of sp³-hybridized carbons (Fsp3) is 0.467. The van der Waals surface area contributed by atoms with Crippen LogP contribution in [0, 0.1) is 11.7 Å². The molecule has 0 spiro atoms. The standard InChI is InChI=1S/C30H34FN3O3/c1-30(2,3)37-29(36)33-17-22-11-12-24(19-4-5-19)27(34-22)28(35)20-8-6-18(7-9-20)23-14-15-32-26-13-10-21(31)16-25(23)26/h10-16,18-20H,4-9,17H2,1-3H3,(H,33,36). The number of alkyl carbamates (subject to hydrolysis) is 1. The molecule has 1 amide bonds. The number of hydrogen-bond acceptors (Lipinski definition) is 5. The van der Waals surface area contributed by atoms with E-state index in [1.807, 2.05) is 39.0 Å². The molecule has 6 nitrogen and oxygen atoms in total. The van der Waals surface area contributed by atoms with Crippen LogP contribution < -0.4 is 5.32 Å². The van der Waals surface area contributed by atoms with Crippen LogP contribution in [0.2, 0.25) is 0 Å². The smallest absolute Gasteiger partial charge is 0.407 e. The lowest BCUT2D eigenvalue weighted by molar-refractivity contribution is 0.0523. The lowest BCUT2D eigenvalue weighted by atomic mass is 9.75. The van der Waals surface area contributed by atoms with Crippen LogP contribution in [-0.2, 0) is 11.3 Å². The van der Waals surface area contributed by atoms with Crippen molar-refractivity contribution in [3.05, 3.63) is 70.9 Å². The number of nitrogens with one attached hydrogen (secondary N) is 1. The molecule has 2 aromatic heterocycles. The summed E-state index contributed by atoms with van der Waals surface area (Å²) < 4.78 is 19.3. The third-order valence-electron chi connectivity index (χ3n) is 7.32. The zero-order valence-corrected chi connectivity index (χ0v) is 21.7. The van der Waals surface area contributed by atoms with Gasteiger partial charge in [-0.05, 0) is 113 Å². The summed E-state index contributed by atoms with van der Waals surface area (Å²) in [5.74, 6) is 0.431. The number of pyridine rings is 2. The summed E-state index contributed by atoms with van der Waals surface area (Å²) in [5.41, 5.74) is 3.58. The lowest BCUT2D eigenvalue weighted by Crippen LogP contribution is -2.32. The molecule has 2 aliphatic carbocycles. The number of fused-ring (bicyclic) bond motifs is 1. The van der Waals surface area contributed by atoms with Gasteiger partial charge in [0, 0.05) is 17.5 Å². The van der Waals surface area contributed by atoms with E-state index in [1.54, 1.807) is 18.3 Å². The molecule has 1 aromatic carbocycles. The number of aromatic nitrogens is 2. The number of ether oxygens (including phenoxy) is 1. The molecule has 2 saturated carbocycles. The maximum atomic E-state index is 13.9. The molecule has 0 aliphatic heterocycles. The number of halogens is 1. The van der Waals surface area contributed by atoms with Gasteiger partial charge in [0.05, 0.1) is 17.8 Å². The minimum Gasteiger partial charge on any atom is -0.444 e. The Balaban J connectivity index is 1.29. The Morgan fingerprint density at radius 3 is 2.38 bits per heavy atom. The molecule has 0 radical (unpaired) electrons. The Morgan fingerprint density at radius 1 is 0.973 bits per heavy atom. The number of amides is 1. The zero-order valence-electron chi connectivity index (χ0n) is 21.7. The molecular weight excluding hydrogens is 469 g/mol. The average molecular weight is 504 g/mol. The van der Waals surface area contributed by atoms with Gasteiger partial charge in [-0.1, -0.05) is 6.07 Å². The molecule has 2 fully saturated rings. The molecular formula is C30H34FN3O3. The number of rotatable bonds is 6. The first kappa shape index (κ1) is 25.3. The van der Waals surface area contributed by atoms with Gasteiger partial charge in [0.2, 0.25) is 0 Å². The highest BCUT2D eigenvalue weighted by Gasteiger charge is 2.34. The number of Topliss-reactive ketones (excluding diaryl/α,β-unsaturated/α-hetero) is 1. The van der Waals surface area contributed by atoms with Crippen molar-refractivity contribution >= 4 is 22.8 Å². The maximum Gasteiger partial charge on any atom is 0.407 e. The summed E-state index contributed by atoms with van der Waals surface area (Å²) in [6.45, 7) is 5.65. The summed E-state index contributed by atoms with van der Waals surface area (Å²) in [4.78, 5) is 34.9. The van der Waals surface area contributed by atoms with Crippen LogP contribution in [-0.4, -0.2) is 27.4 Å². The second-order valence-electron chi connectivity index (χ2n) is 11.3. The molecule has 5 rings (SSSR count). The minimum atomic E-state index is -0.579. The van der Waals surface area contributed by atoms with Crippen LogP contribution in [0.15, 0.2) is 42.6 Å². The second kappa shape index (κ2) is 10.2. The molecule has 0 atom stereocenters. The van der Waals surface area contributed by atoms with E-state index in [4.69, 9.17) is 9.72 Å².